The second-order valence-corrected chi connectivity index (χ2v) is 8.88. The van der Waals surface area contributed by atoms with E-state index in [0.29, 0.717) is 12.0 Å². The lowest BCUT2D eigenvalue weighted by Crippen LogP contribution is -2.36. The summed E-state index contributed by atoms with van der Waals surface area (Å²) in [6, 6.07) is 14.1. The number of rotatable bonds is 4. The lowest BCUT2D eigenvalue weighted by atomic mass is 9.73. The van der Waals surface area contributed by atoms with E-state index in [1.807, 2.05) is 56.5 Å². The molecule has 150 valence electrons. The van der Waals surface area contributed by atoms with Gasteiger partial charge in [0.15, 0.2) is 5.78 Å². The number of esters is 1. The highest BCUT2D eigenvalue weighted by Crippen LogP contribution is 2.46. The molecule has 4 rings (SSSR count). The molecule has 1 aromatic carbocycles. The molecule has 2 atom stereocenters. The Morgan fingerprint density at radius 3 is 2.55 bits per heavy atom. The largest absolute Gasteiger partial charge is 0.460 e. The van der Waals surface area contributed by atoms with E-state index in [1.165, 1.54) is 5.56 Å². The van der Waals surface area contributed by atoms with E-state index < -0.39 is 0 Å². The zero-order valence-corrected chi connectivity index (χ0v) is 17.7. The van der Waals surface area contributed by atoms with E-state index in [2.05, 4.69) is 17.4 Å². The van der Waals surface area contributed by atoms with Gasteiger partial charge in [0, 0.05) is 28.3 Å². The van der Waals surface area contributed by atoms with Crippen LogP contribution in [0.1, 0.15) is 55.9 Å². The summed E-state index contributed by atoms with van der Waals surface area (Å²) >= 11 is 1.57. The Hall–Kier alpha value is -2.66. The number of benzene rings is 1. The van der Waals surface area contributed by atoms with Crippen molar-refractivity contribution in [1.82, 2.24) is 5.32 Å². The number of allylic oxidation sites excluding steroid dienone is 3. The van der Waals surface area contributed by atoms with Gasteiger partial charge in [0.1, 0.15) is 0 Å². The summed E-state index contributed by atoms with van der Waals surface area (Å²) in [6.07, 6.45) is 1.00. The molecule has 1 N–H and O–H groups in total. The lowest BCUT2D eigenvalue weighted by molar-refractivity contribution is -0.143. The normalized spacial score (nSPS) is 21.9. The van der Waals surface area contributed by atoms with Crippen molar-refractivity contribution >= 4 is 23.1 Å². The third-order valence-electron chi connectivity index (χ3n) is 5.49. The van der Waals surface area contributed by atoms with Crippen molar-refractivity contribution in [2.24, 2.45) is 0 Å². The van der Waals surface area contributed by atoms with E-state index in [9.17, 15) is 9.59 Å². The molecule has 0 bridgehead atoms. The maximum Gasteiger partial charge on any atom is 0.337 e. The molecule has 2 heterocycles. The molecule has 0 saturated heterocycles. The van der Waals surface area contributed by atoms with Crippen molar-refractivity contribution in [3.8, 4) is 0 Å². The van der Waals surface area contributed by atoms with Gasteiger partial charge in [-0.2, -0.15) is 0 Å². The first-order chi connectivity index (χ1) is 14.0. The minimum atomic E-state index is -0.360. The van der Waals surface area contributed by atoms with Gasteiger partial charge in [-0.25, -0.2) is 4.79 Å². The molecule has 0 fully saturated rings. The molecule has 0 amide bonds. The maximum atomic E-state index is 13.3. The molecule has 0 unspecified atom stereocenters. The van der Waals surface area contributed by atoms with Gasteiger partial charge in [-0.1, -0.05) is 36.4 Å². The van der Waals surface area contributed by atoms with Crippen molar-refractivity contribution < 1.29 is 14.3 Å². The number of nitrogens with one attached hydrogen (secondary N) is 1. The summed E-state index contributed by atoms with van der Waals surface area (Å²) in [5.74, 6) is -0.459. The van der Waals surface area contributed by atoms with E-state index in [-0.39, 0.29) is 29.7 Å². The Kier molecular flexibility index (Phi) is 5.41. The summed E-state index contributed by atoms with van der Waals surface area (Å²) in [5.41, 5.74) is 4.15. The number of dihydropyridines is 1. The molecular formula is C24H25NO3S. The van der Waals surface area contributed by atoms with Crippen LogP contribution in [0.2, 0.25) is 0 Å². The number of hydrogen-bond donors (Lipinski definition) is 1. The number of carbonyl (C=O) groups excluding carboxylic acids is 2. The van der Waals surface area contributed by atoms with Gasteiger partial charge in [0.05, 0.1) is 17.6 Å². The first kappa shape index (κ1) is 19.6. The number of carbonyl (C=O) groups is 2. The quantitative estimate of drug-likeness (QED) is 0.720. The summed E-state index contributed by atoms with van der Waals surface area (Å²) in [5, 5.41) is 5.37. The van der Waals surface area contributed by atoms with Gasteiger partial charge >= 0.3 is 5.97 Å². The van der Waals surface area contributed by atoms with E-state index in [4.69, 9.17) is 4.74 Å². The van der Waals surface area contributed by atoms with Gasteiger partial charge in [0.25, 0.3) is 0 Å². The molecule has 4 nitrogen and oxygen atoms in total. The highest BCUT2D eigenvalue weighted by molar-refractivity contribution is 7.10. The number of ether oxygens (including phenoxy) is 1. The fourth-order valence-electron chi connectivity index (χ4n) is 4.29. The van der Waals surface area contributed by atoms with Gasteiger partial charge in [-0.15, -0.1) is 11.3 Å². The van der Waals surface area contributed by atoms with Crippen LogP contribution < -0.4 is 5.32 Å². The Morgan fingerprint density at radius 2 is 1.90 bits per heavy atom. The first-order valence-corrected chi connectivity index (χ1v) is 10.9. The topological polar surface area (TPSA) is 55.4 Å². The average molecular weight is 408 g/mol. The molecule has 0 radical (unpaired) electrons. The summed E-state index contributed by atoms with van der Waals surface area (Å²) in [7, 11) is 0. The number of hydrogen-bond acceptors (Lipinski definition) is 5. The summed E-state index contributed by atoms with van der Waals surface area (Å²) in [6.45, 7) is 5.58. The van der Waals surface area contributed by atoms with Crippen LogP contribution in [0.15, 0.2) is 70.4 Å². The van der Waals surface area contributed by atoms with Gasteiger partial charge < -0.3 is 10.1 Å². The van der Waals surface area contributed by atoms with Crippen molar-refractivity contribution in [3.05, 3.63) is 80.8 Å². The fraction of sp³-hybridized carbons (Fsp3) is 0.333. The predicted octanol–water partition coefficient (Wildman–Crippen LogP) is 5.06. The summed E-state index contributed by atoms with van der Waals surface area (Å²) in [4.78, 5) is 27.3. The van der Waals surface area contributed by atoms with Crippen LogP contribution in [0, 0.1) is 0 Å². The lowest BCUT2D eigenvalue weighted by Gasteiger charge is -2.36. The second-order valence-electron chi connectivity index (χ2n) is 7.90. The van der Waals surface area contributed by atoms with E-state index in [0.717, 1.165) is 28.3 Å². The molecule has 1 aliphatic heterocycles. The highest BCUT2D eigenvalue weighted by atomic mass is 32.1. The minimum absolute atomic E-state index is 0.105. The van der Waals surface area contributed by atoms with Crippen LogP contribution in [0.4, 0.5) is 0 Å². The van der Waals surface area contributed by atoms with Crippen molar-refractivity contribution in [1.29, 1.82) is 0 Å². The third-order valence-corrected chi connectivity index (χ3v) is 6.43. The number of ketones is 1. The number of Topliss-reactive ketones (excluding diaryl/α,β-unsaturated/α-hetero) is 1. The Labute approximate surface area is 175 Å². The van der Waals surface area contributed by atoms with E-state index in [1.54, 1.807) is 11.3 Å². The predicted molar refractivity (Wildman–Crippen MR) is 115 cm³/mol. The van der Waals surface area contributed by atoms with E-state index >= 15 is 0 Å². The van der Waals surface area contributed by atoms with Crippen molar-refractivity contribution in [3.63, 3.8) is 0 Å². The molecular weight excluding hydrogens is 382 g/mol. The Bertz CT molecular complexity index is 986. The second kappa shape index (κ2) is 7.99. The smallest absolute Gasteiger partial charge is 0.337 e. The zero-order valence-electron chi connectivity index (χ0n) is 16.9. The monoisotopic (exact) mass is 407 g/mol. The van der Waals surface area contributed by atoms with Gasteiger partial charge in [-0.3, -0.25) is 4.79 Å². The van der Waals surface area contributed by atoms with Gasteiger partial charge in [-0.05, 0) is 50.1 Å². The zero-order chi connectivity index (χ0) is 20.5. The standard InChI is InChI=1S/C24H25NO3S/c1-14(2)28-24(27)21-15(3)25-18-12-17(16-8-5-4-6-9-16)13-19(26)22(18)23(21)20-10-7-11-29-20/h4-11,14,17,23,25H,12-13H2,1-3H3/t17-,23+/m0/s1. The fourth-order valence-corrected chi connectivity index (χ4v) is 5.13. The molecule has 5 heteroatoms. The average Bonchev–Trinajstić information content (AvgIpc) is 3.21. The highest BCUT2D eigenvalue weighted by Gasteiger charge is 2.41. The van der Waals surface area contributed by atoms with Crippen molar-refractivity contribution in [2.45, 2.75) is 51.6 Å². The maximum absolute atomic E-state index is 13.3. The summed E-state index contributed by atoms with van der Waals surface area (Å²) < 4.78 is 5.53. The molecule has 1 aromatic heterocycles. The molecule has 0 spiro atoms. The minimum Gasteiger partial charge on any atom is -0.460 e. The van der Waals surface area contributed by atoms with Crippen LogP contribution >= 0.6 is 11.3 Å². The SMILES string of the molecule is CC1=C(C(=O)OC(C)C)[C@@H](c2cccs2)C2=C(C[C@H](c3ccccc3)CC2=O)N1. The molecule has 2 aromatic rings. The molecule has 0 saturated carbocycles. The first-order valence-electron chi connectivity index (χ1n) is 9.99. The number of thiophene rings is 1. The van der Waals surface area contributed by atoms with Crippen LogP contribution in [0.3, 0.4) is 0 Å². The Morgan fingerprint density at radius 1 is 1.14 bits per heavy atom. The van der Waals surface area contributed by atoms with Crippen molar-refractivity contribution in [2.75, 3.05) is 0 Å². The van der Waals surface area contributed by atoms with Crippen LogP contribution in [0.25, 0.3) is 0 Å². The molecule has 1 aliphatic carbocycles. The van der Waals surface area contributed by atoms with Crippen LogP contribution in [-0.2, 0) is 14.3 Å². The van der Waals surface area contributed by atoms with Gasteiger partial charge in [0.2, 0.25) is 0 Å². The van der Waals surface area contributed by atoms with Crippen LogP contribution in [0.5, 0.6) is 0 Å². The third kappa shape index (κ3) is 3.79. The van der Waals surface area contributed by atoms with Crippen LogP contribution in [-0.4, -0.2) is 17.9 Å². The molecule has 2 aliphatic rings. The molecule has 29 heavy (non-hydrogen) atoms. The Balaban J connectivity index is 1.76.